The van der Waals surface area contributed by atoms with E-state index in [9.17, 15) is 92.2 Å². The fraction of sp³-hybridized carbons (Fsp3) is 1.00. The van der Waals surface area contributed by atoms with E-state index < -0.39 is 80.4 Å². The second kappa shape index (κ2) is 10.2. The summed E-state index contributed by atoms with van der Waals surface area (Å²) in [6.07, 6.45) is -21.4. The van der Waals surface area contributed by atoms with E-state index in [1.165, 1.54) is 0 Å². The van der Waals surface area contributed by atoms with Gasteiger partial charge in [0, 0.05) is 0 Å². The van der Waals surface area contributed by atoms with Crippen molar-refractivity contribution in [1.29, 1.82) is 0 Å². The van der Waals surface area contributed by atoms with E-state index in [1.54, 1.807) is 0 Å². The van der Waals surface area contributed by atoms with Crippen LogP contribution < -0.4 is 0 Å². The molecule has 37 heavy (non-hydrogen) atoms. The Hall–Kier alpha value is -1.59. The first-order chi connectivity index (χ1) is 15.8. The average molecular weight is 610 g/mol. The summed E-state index contributed by atoms with van der Waals surface area (Å²) in [7, 11) is 0. The summed E-state index contributed by atoms with van der Waals surface area (Å²) in [5.41, 5.74) is 0. The average Bonchev–Trinajstić information content (AvgIpc) is 2.64. The minimum Gasteiger partial charge on any atom is -0.323 e. The third-order valence-electron chi connectivity index (χ3n) is 3.65. The largest absolute Gasteiger partial charge is 0.459 e. The molecular weight excluding hydrogens is 603 g/mol. The van der Waals surface area contributed by atoms with Gasteiger partial charge in [-0.3, -0.25) is 0 Å². The molecule has 0 aromatic rings. The van der Waals surface area contributed by atoms with Crippen LogP contribution in [0, 0.1) is 0 Å². The maximum absolute atomic E-state index is 13.2. The van der Waals surface area contributed by atoms with Gasteiger partial charge in [0.2, 0.25) is 0 Å². The fourth-order valence-corrected chi connectivity index (χ4v) is 1.56. The van der Waals surface area contributed by atoms with Crippen LogP contribution in [0.4, 0.5) is 92.2 Å². The molecule has 0 aromatic heterocycles. The molecule has 0 saturated heterocycles. The van der Waals surface area contributed by atoms with Crippen LogP contribution in [-0.2, 0) is 14.2 Å². The molecule has 0 rings (SSSR count). The zero-order valence-corrected chi connectivity index (χ0v) is 16.4. The van der Waals surface area contributed by atoms with Gasteiger partial charge < -0.3 is 14.2 Å². The number of alkyl halides is 21. The van der Waals surface area contributed by atoms with E-state index in [1.807, 2.05) is 0 Å². The molecule has 0 N–H and O–H groups in total. The van der Waals surface area contributed by atoms with Crippen molar-refractivity contribution in [3.05, 3.63) is 0 Å². The van der Waals surface area contributed by atoms with E-state index in [-0.39, 0.29) is 0 Å². The van der Waals surface area contributed by atoms with Gasteiger partial charge in [0.1, 0.15) is 19.8 Å². The van der Waals surface area contributed by atoms with Gasteiger partial charge in [-0.15, -0.1) is 0 Å². The monoisotopic (exact) mass is 610 g/mol. The van der Waals surface area contributed by atoms with Crippen LogP contribution in [0.5, 0.6) is 0 Å². The lowest BCUT2D eigenvalue weighted by Crippen LogP contribution is -2.57. The fourth-order valence-electron chi connectivity index (χ4n) is 1.56. The van der Waals surface area contributed by atoms with Gasteiger partial charge in [0.25, 0.3) is 6.48 Å². The quantitative estimate of drug-likeness (QED) is 0.180. The predicted molar refractivity (Wildman–Crippen MR) is 69.5 cm³/mol. The molecule has 0 atom stereocenters. The molecule has 0 heterocycles. The molecule has 0 spiro atoms. The Bertz CT molecular complexity index is 648. The number of rotatable bonds is 12. The summed E-state index contributed by atoms with van der Waals surface area (Å²) >= 11 is 0. The Morgan fingerprint density at radius 2 is 0.486 bits per heavy atom. The van der Waals surface area contributed by atoms with Crippen LogP contribution in [0.3, 0.4) is 0 Å². The Labute approximate surface area is 188 Å². The van der Waals surface area contributed by atoms with Crippen molar-refractivity contribution >= 4 is 0 Å². The van der Waals surface area contributed by atoms with Crippen molar-refractivity contribution < 1.29 is 106 Å². The number of halogens is 21. The van der Waals surface area contributed by atoms with E-state index in [4.69, 9.17) is 0 Å². The first-order valence-electron chi connectivity index (χ1n) is 8.10. The second-order valence-corrected chi connectivity index (χ2v) is 6.55. The predicted octanol–water partition coefficient (Wildman–Crippen LogP) is 6.82. The Morgan fingerprint density at radius 1 is 0.324 bits per heavy atom. The molecule has 0 aliphatic heterocycles. The van der Waals surface area contributed by atoms with Crippen LogP contribution in [0.1, 0.15) is 0 Å². The van der Waals surface area contributed by atoms with Crippen molar-refractivity contribution in [2.75, 3.05) is 19.8 Å². The third kappa shape index (κ3) is 7.29. The van der Waals surface area contributed by atoms with Crippen LogP contribution in [0.15, 0.2) is 0 Å². The zero-order valence-electron chi connectivity index (χ0n) is 16.4. The van der Waals surface area contributed by atoms with Gasteiger partial charge in [0.05, 0.1) is 0 Å². The lowest BCUT2D eigenvalue weighted by molar-refractivity contribution is -0.406. The molecule has 0 aliphatic rings. The van der Waals surface area contributed by atoms with Gasteiger partial charge in [-0.05, 0) is 0 Å². The maximum atomic E-state index is 13.2. The molecule has 0 aromatic carbocycles. The van der Waals surface area contributed by atoms with Gasteiger partial charge >= 0.3 is 54.1 Å². The smallest absolute Gasteiger partial charge is 0.323 e. The van der Waals surface area contributed by atoms with E-state index in [0.29, 0.717) is 0 Å². The molecule has 0 bridgehead atoms. The number of hydrogen-bond acceptors (Lipinski definition) is 3. The minimum absolute atomic E-state index is 3.08. The van der Waals surface area contributed by atoms with Gasteiger partial charge in [0.15, 0.2) is 0 Å². The summed E-state index contributed by atoms with van der Waals surface area (Å²) < 4.78 is 273. The summed E-state index contributed by atoms with van der Waals surface area (Å²) in [6.45, 7) is -14.9. The lowest BCUT2D eigenvalue weighted by atomic mass is 10.2. The van der Waals surface area contributed by atoms with E-state index in [2.05, 4.69) is 14.2 Å². The van der Waals surface area contributed by atoms with Crippen LogP contribution >= 0.6 is 0 Å². The van der Waals surface area contributed by atoms with Crippen molar-refractivity contribution in [1.82, 2.24) is 0 Å². The topological polar surface area (TPSA) is 27.7 Å². The van der Waals surface area contributed by atoms with Crippen LogP contribution in [-0.4, -0.2) is 80.4 Å². The maximum Gasteiger partial charge on any atom is 0.459 e. The summed E-state index contributed by atoms with van der Waals surface area (Å²) in [6, 6.07) is 0. The van der Waals surface area contributed by atoms with E-state index in [0.717, 1.165) is 0 Å². The first-order valence-corrected chi connectivity index (χ1v) is 8.10. The van der Waals surface area contributed by atoms with Crippen molar-refractivity contribution in [3.8, 4) is 0 Å². The number of ether oxygens (including phenoxy) is 3. The Balaban J connectivity index is 5.97. The van der Waals surface area contributed by atoms with Crippen LogP contribution in [0.25, 0.3) is 0 Å². The highest BCUT2D eigenvalue weighted by molar-refractivity contribution is 4.93. The standard InChI is InChI=1S/C13H7F21O3/c14-5(15,8(20,21)11(26,27)28)1-35-4(36-2-6(16,17)9(22,23)12(29,30)31)37-3-7(18,19)10(24,25)13(32,33)34/h4H,1-3H2. The lowest BCUT2D eigenvalue weighted by Gasteiger charge is -2.32. The van der Waals surface area contributed by atoms with Gasteiger partial charge in [-0.1, -0.05) is 0 Å². The molecule has 0 unspecified atom stereocenters. The highest BCUT2D eigenvalue weighted by atomic mass is 19.4. The normalized spacial score (nSPS) is 16.1. The molecule has 24 heteroatoms. The first kappa shape index (κ1) is 35.4. The third-order valence-corrected chi connectivity index (χ3v) is 3.65. The van der Waals surface area contributed by atoms with E-state index >= 15 is 0 Å². The molecule has 3 nitrogen and oxygen atoms in total. The molecule has 0 radical (unpaired) electrons. The molecule has 0 amide bonds. The van der Waals surface area contributed by atoms with Gasteiger partial charge in [-0.2, -0.15) is 92.2 Å². The Morgan fingerprint density at radius 3 is 0.622 bits per heavy atom. The van der Waals surface area contributed by atoms with Gasteiger partial charge in [-0.25, -0.2) is 0 Å². The van der Waals surface area contributed by atoms with Crippen LogP contribution in [0.2, 0.25) is 0 Å². The highest BCUT2D eigenvalue weighted by Crippen LogP contribution is 2.49. The second-order valence-electron chi connectivity index (χ2n) is 6.55. The molecule has 0 aliphatic carbocycles. The summed E-state index contributed by atoms with van der Waals surface area (Å²) in [5, 5.41) is 0. The zero-order chi connectivity index (χ0) is 30.3. The van der Waals surface area contributed by atoms with Crippen molar-refractivity contribution in [2.24, 2.45) is 0 Å². The summed E-state index contributed by atoms with van der Waals surface area (Å²) in [5.74, 6) is -41.0. The Kier molecular flexibility index (Phi) is 9.75. The van der Waals surface area contributed by atoms with Crippen molar-refractivity contribution in [3.63, 3.8) is 0 Å². The molecular formula is C13H7F21O3. The van der Waals surface area contributed by atoms with Crippen molar-refractivity contribution in [2.45, 2.75) is 60.5 Å². The summed E-state index contributed by atoms with van der Waals surface area (Å²) in [4.78, 5) is 0. The molecule has 0 fully saturated rings. The number of hydrogen-bond donors (Lipinski definition) is 0. The highest BCUT2D eigenvalue weighted by Gasteiger charge is 2.75. The molecule has 0 saturated carbocycles. The molecule has 224 valence electrons. The SMILES string of the molecule is FC(F)(F)C(F)(F)C(F)(F)COC(OCC(F)(F)C(F)(F)C(F)(F)F)OCC(F)(F)C(F)(F)C(F)(F)F. The minimum atomic E-state index is -7.14.